The van der Waals surface area contributed by atoms with Crippen molar-refractivity contribution in [2.75, 3.05) is 31.7 Å². The monoisotopic (exact) mass is 557 g/mol. The first-order valence-electron chi connectivity index (χ1n) is 13.3. The first-order valence-corrected chi connectivity index (χ1v) is 14.1. The third-order valence-corrected chi connectivity index (χ3v) is 7.73. The molecule has 0 bridgehead atoms. The maximum absolute atomic E-state index is 14.0. The van der Waals surface area contributed by atoms with Gasteiger partial charge in [0.25, 0.3) is 5.56 Å². The normalized spacial score (nSPS) is 15.0. The molecular weight excluding hydrogens is 526 g/mol. The molecule has 0 N–H and O–H groups in total. The number of fused-ring (bicyclic) bond motifs is 1. The summed E-state index contributed by atoms with van der Waals surface area (Å²) in [5.74, 6) is 1.40. The molecule has 1 aliphatic heterocycles. The quantitative estimate of drug-likeness (QED) is 0.284. The zero-order valence-corrected chi connectivity index (χ0v) is 23.7. The number of aromatic nitrogens is 1. The van der Waals surface area contributed by atoms with E-state index >= 15 is 0 Å². The lowest BCUT2D eigenvalue weighted by atomic mass is 9.93. The molecule has 0 spiro atoms. The smallest absolute Gasteiger partial charge is 0.338 e. The maximum Gasteiger partial charge on any atom is 0.338 e. The minimum absolute atomic E-state index is 0.188. The summed E-state index contributed by atoms with van der Waals surface area (Å²) in [6.07, 6.45) is 1.73. The van der Waals surface area contributed by atoms with Crippen LogP contribution in [0.3, 0.4) is 0 Å². The number of rotatable bonds is 9. The van der Waals surface area contributed by atoms with Gasteiger partial charge in [-0.25, -0.2) is 9.79 Å². The summed E-state index contributed by atoms with van der Waals surface area (Å²) in [5, 5.41) is 0. The number of hydrogen-bond donors (Lipinski definition) is 0. The van der Waals surface area contributed by atoms with E-state index in [1.165, 1.54) is 11.3 Å². The maximum atomic E-state index is 14.0. The van der Waals surface area contributed by atoms with Crippen molar-refractivity contribution in [3.8, 4) is 5.75 Å². The molecule has 206 valence electrons. The molecule has 40 heavy (non-hydrogen) atoms. The largest absolute Gasteiger partial charge is 0.497 e. The zero-order valence-electron chi connectivity index (χ0n) is 22.9. The van der Waals surface area contributed by atoms with E-state index in [-0.39, 0.29) is 12.2 Å². The van der Waals surface area contributed by atoms with Crippen LogP contribution in [0.1, 0.15) is 43.7 Å². The van der Waals surface area contributed by atoms with Gasteiger partial charge in [0.05, 0.1) is 35.6 Å². The van der Waals surface area contributed by atoms with Gasteiger partial charge in [-0.2, -0.15) is 0 Å². The van der Waals surface area contributed by atoms with E-state index in [2.05, 4.69) is 18.7 Å². The van der Waals surface area contributed by atoms with Crippen molar-refractivity contribution in [1.29, 1.82) is 0 Å². The molecule has 2 aromatic carbocycles. The molecule has 0 amide bonds. The number of methoxy groups -OCH3 is 1. The second-order valence-corrected chi connectivity index (χ2v) is 10.1. The minimum atomic E-state index is -0.773. The fourth-order valence-electron chi connectivity index (χ4n) is 4.82. The molecule has 1 unspecified atom stereocenters. The molecule has 2 aromatic heterocycles. The van der Waals surface area contributed by atoms with Crippen LogP contribution in [0.4, 0.5) is 5.88 Å². The molecule has 0 saturated heterocycles. The van der Waals surface area contributed by atoms with Crippen LogP contribution in [0.5, 0.6) is 5.75 Å². The van der Waals surface area contributed by atoms with Crippen LogP contribution in [0.25, 0.3) is 11.8 Å². The van der Waals surface area contributed by atoms with Crippen LogP contribution in [-0.2, 0) is 9.53 Å². The Balaban J connectivity index is 1.77. The Hall–Kier alpha value is -4.37. The molecule has 8 nitrogen and oxygen atoms in total. The van der Waals surface area contributed by atoms with Gasteiger partial charge >= 0.3 is 5.97 Å². The topological polar surface area (TPSA) is 86.3 Å². The molecule has 0 fully saturated rings. The average molecular weight is 558 g/mol. The zero-order chi connectivity index (χ0) is 28.2. The van der Waals surface area contributed by atoms with E-state index in [0.29, 0.717) is 37.7 Å². The molecule has 3 heterocycles. The van der Waals surface area contributed by atoms with Gasteiger partial charge in [0.2, 0.25) is 0 Å². The highest BCUT2D eigenvalue weighted by atomic mass is 32.1. The van der Waals surface area contributed by atoms with Crippen LogP contribution in [0.2, 0.25) is 0 Å². The number of furan rings is 1. The second kappa shape index (κ2) is 11.8. The predicted molar refractivity (Wildman–Crippen MR) is 156 cm³/mol. The summed E-state index contributed by atoms with van der Waals surface area (Å²) in [5.41, 5.74) is 1.96. The molecule has 0 aliphatic carbocycles. The third-order valence-electron chi connectivity index (χ3n) is 6.74. The molecular formula is C31H31N3O5S. The summed E-state index contributed by atoms with van der Waals surface area (Å²) in [4.78, 5) is 35.0. The summed E-state index contributed by atoms with van der Waals surface area (Å²) in [6, 6.07) is 19.8. The van der Waals surface area contributed by atoms with E-state index in [9.17, 15) is 9.59 Å². The van der Waals surface area contributed by atoms with Crippen LogP contribution in [0, 0.1) is 0 Å². The van der Waals surface area contributed by atoms with Crippen LogP contribution in [0.15, 0.2) is 86.5 Å². The first-order chi connectivity index (χ1) is 19.5. The Morgan fingerprint density at radius 2 is 1.85 bits per heavy atom. The molecule has 1 aliphatic rings. The summed E-state index contributed by atoms with van der Waals surface area (Å²) >= 11 is 1.26. The number of carbonyl (C=O) groups excluding carboxylic acids is 1. The molecule has 0 saturated carbocycles. The van der Waals surface area contributed by atoms with Crippen LogP contribution >= 0.6 is 11.3 Å². The van der Waals surface area contributed by atoms with Gasteiger partial charge in [-0.15, -0.1) is 0 Å². The van der Waals surface area contributed by atoms with Gasteiger partial charge in [0.15, 0.2) is 10.7 Å². The molecule has 5 rings (SSSR count). The molecule has 0 radical (unpaired) electrons. The number of benzene rings is 2. The average Bonchev–Trinajstić information content (AvgIpc) is 3.57. The Bertz CT molecular complexity index is 1730. The SMILES string of the molecule is CCOC(=O)C1=C(c2ccccc2)N=c2s/c(=C\c3ccc(N(CC)CC)o3)c(=O)n2C1c1cccc(OC)c1. The fraction of sp³-hybridized carbons (Fsp3) is 0.258. The summed E-state index contributed by atoms with van der Waals surface area (Å²) < 4.78 is 19.1. The lowest BCUT2D eigenvalue weighted by Crippen LogP contribution is -2.40. The molecule has 4 aromatic rings. The Labute approximate surface area is 236 Å². The summed E-state index contributed by atoms with van der Waals surface area (Å²) in [7, 11) is 1.58. The van der Waals surface area contributed by atoms with Crippen LogP contribution < -0.4 is 24.5 Å². The van der Waals surface area contributed by atoms with Crippen molar-refractivity contribution < 1.29 is 18.7 Å². The van der Waals surface area contributed by atoms with E-state index in [4.69, 9.17) is 18.9 Å². The fourth-order valence-corrected chi connectivity index (χ4v) is 5.80. The Morgan fingerprint density at radius 1 is 1.07 bits per heavy atom. The van der Waals surface area contributed by atoms with E-state index < -0.39 is 12.0 Å². The molecule has 1 atom stereocenters. The highest BCUT2D eigenvalue weighted by Crippen LogP contribution is 2.36. The number of nitrogens with zero attached hydrogens (tertiary/aromatic N) is 3. The van der Waals surface area contributed by atoms with E-state index in [0.717, 1.165) is 24.5 Å². The Morgan fingerprint density at radius 3 is 2.55 bits per heavy atom. The second-order valence-electron chi connectivity index (χ2n) is 9.06. The number of thiazole rings is 1. The highest BCUT2D eigenvalue weighted by molar-refractivity contribution is 7.07. The van der Waals surface area contributed by atoms with E-state index in [1.807, 2.05) is 66.7 Å². The van der Waals surface area contributed by atoms with Crippen molar-refractivity contribution >= 4 is 35.0 Å². The number of hydrogen-bond acceptors (Lipinski definition) is 8. The van der Waals surface area contributed by atoms with Crippen molar-refractivity contribution in [2.24, 2.45) is 4.99 Å². The van der Waals surface area contributed by atoms with Crippen molar-refractivity contribution in [3.63, 3.8) is 0 Å². The van der Waals surface area contributed by atoms with Gasteiger partial charge in [0, 0.05) is 30.8 Å². The third kappa shape index (κ3) is 5.12. The van der Waals surface area contributed by atoms with Crippen LogP contribution in [-0.4, -0.2) is 37.3 Å². The van der Waals surface area contributed by atoms with Gasteiger partial charge in [-0.1, -0.05) is 53.8 Å². The minimum Gasteiger partial charge on any atom is -0.497 e. The summed E-state index contributed by atoms with van der Waals surface area (Å²) in [6.45, 7) is 7.69. The Kier molecular flexibility index (Phi) is 8.02. The van der Waals surface area contributed by atoms with Crippen molar-refractivity contribution in [3.05, 3.63) is 109 Å². The molecule has 9 heteroatoms. The lowest BCUT2D eigenvalue weighted by Gasteiger charge is -2.26. The van der Waals surface area contributed by atoms with Crippen molar-refractivity contribution in [1.82, 2.24) is 4.57 Å². The highest BCUT2D eigenvalue weighted by Gasteiger charge is 2.35. The number of esters is 1. The lowest BCUT2D eigenvalue weighted by molar-refractivity contribution is -0.138. The number of anilines is 1. The van der Waals surface area contributed by atoms with E-state index in [1.54, 1.807) is 24.7 Å². The van der Waals surface area contributed by atoms with Gasteiger partial charge in [-0.05, 0) is 44.5 Å². The first kappa shape index (κ1) is 27.2. The van der Waals surface area contributed by atoms with Gasteiger partial charge in [-0.3, -0.25) is 9.36 Å². The van der Waals surface area contributed by atoms with Gasteiger partial charge in [0.1, 0.15) is 11.5 Å². The number of carbonyl (C=O) groups is 1. The van der Waals surface area contributed by atoms with Crippen molar-refractivity contribution in [2.45, 2.75) is 26.8 Å². The van der Waals surface area contributed by atoms with Gasteiger partial charge < -0.3 is 18.8 Å². The predicted octanol–water partition coefficient (Wildman–Crippen LogP) is 4.38. The standard InChI is InChI=1S/C31H31N3O5S/c1-5-33(6-2)25-17-16-23(39-25)19-24-29(35)34-28(21-14-11-15-22(18-21)37-4)26(30(36)38-7-3)27(32-31(34)40-24)20-12-9-8-10-13-20/h8-19,28H,5-7H2,1-4H3/b24-19-. The number of ether oxygens (including phenoxy) is 2.